The Hall–Kier alpha value is -4.61. The van der Waals surface area contributed by atoms with Crippen LogP contribution in [0.25, 0.3) is 28.0 Å². The van der Waals surface area contributed by atoms with Gasteiger partial charge in [0.05, 0.1) is 12.1 Å². The molecule has 0 aliphatic rings. The van der Waals surface area contributed by atoms with Gasteiger partial charge in [-0.25, -0.2) is 14.8 Å². The number of nitrogens with two attached hydrogens (primary N) is 1. The number of anilines is 1. The summed E-state index contributed by atoms with van der Waals surface area (Å²) in [5, 5.41) is 4.46. The van der Waals surface area contributed by atoms with Crippen LogP contribution in [0.1, 0.15) is 18.0 Å². The third-order valence-electron chi connectivity index (χ3n) is 5.45. The van der Waals surface area contributed by atoms with Crippen molar-refractivity contribution in [3.8, 4) is 22.4 Å². The minimum absolute atomic E-state index is 0.00657. The van der Waals surface area contributed by atoms with Crippen LogP contribution < -0.4 is 22.0 Å². The predicted octanol–water partition coefficient (Wildman–Crippen LogP) is 2.13. The van der Waals surface area contributed by atoms with Gasteiger partial charge in [0.25, 0.3) is 5.56 Å². The number of oxazole rings is 1. The van der Waals surface area contributed by atoms with E-state index in [0.717, 1.165) is 21.3 Å². The van der Waals surface area contributed by atoms with E-state index in [0.29, 0.717) is 32.8 Å². The number of aromatic amines is 1. The molecule has 0 radical (unpaired) electrons. The second-order valence-corrected chi connectivity index (χ2v) is 7.52. The predicted molar refractivity (Wildman–Crippen MR) is 117 cm³/mol. The van der Waals surface area contributed by atoms with Crippen molar-refractivity contribution in [3.63, 3.8) is 0 Å². The zero-order valence-electron chi connectivity index (χ0n) is 17.8. The summed E-state index contributed by atoms with van der Waals surface area (Å²) in [5.41, 5.74) is 7.10. The van der Waals surface area contributed by atoms with E-state index in [4.69, 9.17) is 10.2 Å². The lowest BCUT2D eigenvalue weighted by atomic mass is 10.0. The van der Waals surface area contributed by atoms with Crippen LogP contribution in [0, 0.1) is 6.92 Å². The molecule has 10 nitrogen and oxygen atoms in total. The Labute approximate surface area is 189 Å². The number of H-pyrrole nitrogens is 1. The highest BCUT2D eigenvalue weighted by Gasteiger charge is 2.27. The number of benzene rings is 1. The van der Waals surface area contributed by atoms with Crippen LogP contribution in [0.4, 0.5) is 14.7 Å². The highest BCUT2D eigenvalue weighted by molar-refractivity contribution is 5.88. The molecule has 0 fully saturated rings. The number of hydrogen-bond donors (Lipinski definition) is 1. The number of rotatable bonds is 5. The molecular formula is C22H18F2N7O3+. The fourth-order valence-corrected chi connectivity index (χ4v) is 3.77. The number of nitrogens with zero attached hydrogens (tertiary/aromatic N) is 5. The molecule has 0 bridgehead atoms. The van der Waals surface area contributed by atoms with Gasteiger partial charge in [-0.3, -0.25) is 15.1 Å². The molecular weight excluding hydrogens is 448 g/mol. The summed E-state index contributed by atoms with van der Waals surface area (Å²) >= 11 is 0. The van der Waals surface area contributed by atoms with E-state index in [2.05, 4.69) is 15.1 Å². The normalized spacial score (nSPS) is 11.5. The molecule has 0 unspecified atom stereocenters. The van der Waals surface area contributed by atoms with Crippen molar-refractivity contribution in [1.82, 2.24) is 23.7 Å². The molecule has 0 amide bonds. The third-order valence-corrected chi connectivity index (χ3v) is 5.45. The maximum Gasteiger partial charge on any atom is 0.411 e. The van der Waals surface area contributed by atoms with E-state index in [1.54, 1.807) is 31.2 Å². The number of pyridine rings is 1. The summed E-state index contributed by atoms with van der Waals surface area (Å²) in [6.07, 6.45) is 2.30. The first-order valence-corrected chi connectivity index (χ1v) is 10.1. The van der Waals surface area contributed by atoms with E-state index in [1.165, 1.54) is 12.5 Å². The summed E-state index contributed by atoms with van der Waals surface area (Å²) in [7, 11) is 0. The Morgan fingerprint density at radius 3 is 2.56 bits per heavy atom. The van der Waals surface area contributed by atoms with Crippen molar-refractivity contribution in [2.75, 3.05) is 5.73 Å². The van der Waals surface area contributed by atoms with Gasteiger partial charge >= 0.3 is 18.2 Å². The Kier molecular flexibility index (Phi) is 5.04. The summed E-state index contributed by atoms with van der Waals surface area (Å²) in [5.74, 6) is 0.519. The van der Waals surface area contributed by atoms with Gasteiger partial charge in [0.2, 0.25) is 5.65 Å². The van der Waals surface area contributed by atoms with Crippen LogP contribution in [0.2, 0.25) is 0 Å². The fourth-order valence-electron chi connectivity index (χ4n) is 3.77. The molecule has 12 heteroatoms. The minimum atomic E-state index is -3.05. The first kappa shape index (κ1) is 21.2. The van der Waals surface area contributed by atoms with E-state index < -0.39 is 17.8 Å². The van der Waals surface area contributed by atoms with Crippen LogP contribution in [-0.4, -0.2) is 23.7 Å². The number of nitrogens with one attached hydrogen (secondary N) is 1. The van der Waals surface area contributed by atoms with E-state index in [-0.39, 0.29) is 23.7 Å². The van der Waals surface area contributed by atoms with Gasteiger partial charge in [-0.05, 0) is 13.0 Å². The van der Waals surface area contributed by atoms with Crippen molar-refractivity contribution in [3.05, 3.63) is 87.3 Å². The molecule has 172 valence electrons. The van der Waals surface area contributed by atoms with E-state index in [9.17, 15) is 18.4 Å². The summed E-state index contributed by atoms with van der Waals surface area (Å²) < 4.78 is 34.8. The number of alkyl halides is 2. The lowest BCUT2D eigenvalue weighted by Gasteiger charge is -2.11. The average Bonchev–Trinajstić information content (AvgIpc) is 3.38. The van der Waals surface area contributed by atoms with Gasteiger partial charge in [0.1, 0.15) is 17.1 Å². The quantitative estimate of drug-likeness (QED) is 0.423. The molecule has 0 spiro atoms. The molecule has 4 aromatic heterocycles. The van der Waals surface area contributed by atoms with Gasteiger partial charge in [-0.2, -0.15) is 13.5 Å². The number of hydrogen-bond acceptors (Lipinski definition) is 6. The van der Waals surface area contributed by atoms with Crippen LogP contribution >= 0.6 is 0 Å². The molecule has 5 aromatic rings. The number of aromatic nitrogens is 6. The maximum absolute atomic E-state index is 13.5. The van der Waals surface area contributed by atoms with Crippen LogP contribution in [-0.2, 0) is 6.54 Å². The van der Waals surface area contributed by atoms with Gasteiger partial charge < -0.3 is 4.42 Å². The first-order valence-electron chi connectivity index (χ1n) is 10.1. The van der Waals surface area contributed by atoms with Crippen molar-refractivity contribution in [1.29, 1.82) is 0 Å². The van der Waals surface area contributed by atoms with Gasteiger partial charge in [0, 0.05) is 23.4 Å². The lowest BCUT2D eigenvalue weighted by Crippen LogP contribution is -2.28. The summed E-state index contributed by atoms with van der Waals surface area (Å²) in [6, 6.07) is 11.4. The largest absolute Gasteiger partial charge is 0.448 e. The Balaban J connectivity index is 1.84. The Morgan fingerprint density at radius 1 is 1.12 bits per heavy atom. The smallest absolute Gasteiger partial charge is 0.411 e. The maximum atomic E-state index is 13.5. The van der Waals surface area contributed by atoms with Crippen LogP contribution in [0.5, 0.6) is 0 Å². The highest BCUT2D eigenvalue weighted by Crippen LogP contribution is 2.32. The topological polar surface area (TPSA) is 127 Å². The Bertz CT molecular complexity index is 1630. The molecule has 3 N–H and O–H groups in total. The van der Waals surface area contributed by atoms with Crippen LogP contribution in [0.3, 0.4) is 0 Å². The molecule has 0 aliphatic heterocycles. The monoisotopic (exact) mass is 466 g/mol. The van der Waals surface area contributed by atoms with Gasteiger partial charge in [0.15, 0.2) is 6.39 Å². The molecule has 0 saturated carbocycles. The van der Waals surface area contributed by atoms with Crippen molar-refractivity contribution in [2.45, 2.75) is 20.0 Å². The van der Waals surface area contributed by atoms with Gasteiger partial charge in [-0.15, -0.1) is 9.50 Å². The van der Waals surface area contributed by atoms with Crippen LogP contribution in [0.15, 0.2) is 69.1 Å². The van der Waals surface area contributed by atoms with Crippen molar-refractivity contribution >= 4 is 11.6 Å². The van der Waals surface area contributed by atoms with E-state index in [1.807, 2.05) is 6.07 Å². The molecule has 4 heterocycles. The number of nitrogen functional groups attached to an aromatic ring is 1. The first-order chi connectivity index (χ1) is 16.3. The zero-order valence-corrected chi connectivity index (χ0v) is 17.8. The highest BCUT2D eigenvalue weighted by atomic mass is 19.3. The van der Waals surface area contributed by atoms with Gasteiger partial charge in [-0.1, -0.05) is 30.3 Å². The fraction of sp³-hybridized carbons (Fsp3) is 0.136. The Morgan fingerprint density at radius 2 is 1.88 bits per heavy atom. The molecule has 0 aliphatic carbocycles. The molecule has 34 heavy (non-hydrogen) atoms. The molecule has 0 saturated heterocycles. The lowest BCUT2D eigenvalue weighted by molar-refractivity contribution is -0.351. The standard InChI is InChI=1S/C22H17F2N7O3/c1-12-15(26-11-34-12)10-30-22(33)31-19(28-30)17(14-7-8-16(32)29(9-14)20(23)24)18(27-21(31)25)13-5-3-2-4-6-13/h2-9,11,20H,10H2,1H3,(H2,25,27)/p+1. The number of halogens is 2. The number of fused-ring (bicyclic) bond motifs is 1. The summed E-state index contributed by atoms with van der Waals surface area (Å²) in [4.78, 5) is 32.2. The SMILES string of the molecule is Cc1ocnc1Cn1nc2c(-c3ccc(=O)n(C(F)F)c3)c(-c3ccccc3)[nH+]c(N)n2c1=O. The molecule has 0 atom stereocenters. The average molecular weight is 466 g/mol. The minimum Gasteiger partial charge on any atom is -0.448 e. The van der Waals surface area contributed by atoms with E-state index >= 15 is 0 Å². The number of aryl methyl sites for hydroxylation is 1. The molecule has 1 aromatic carbocycles. The summed E-state index contributed by atoms with van der Waals surface area (Å²) in [6.45, 7) is -1.33. The third kappa shape index (κ3) is 3.45. The molecule has 5 rings (SSSR count). The second kappa shape index (κ2) is 8.06. The zero-order chi connectivity index (χ0) is 24.0. The second-order valence-electron chi connectivity index (χ2n) is 7.52. The van der Waals surface area contributed by atoms with Crippen molar-refractivity contribution in [2.24, 2.45) is 0 Å². The van der Waals surface area contributed by atoms with Crippen molar-refractivity contribution < 1.29 is 18.2 Å².